The topological polar surface area (TPSA) is 86.8 Å². The van der Waals surface area contributed by atoms with Gasteiger partial charge in [-0.1, -0.05) is 42.8 Å². The Kier molecular flexibility index (Phi) is 9.31. The van der Waals surface area contributed by atoms with Crippen molar-refractivity contribution in [3.05, 3.63) is 65.2 Å². The number of aryl methyl sites for hydroxylation is 1. The van der Waals surface area contributed by atoms with Gasteiger partial charge >= 0.3 is 6.18 Å². The molecule has 2 amide bonds. The van der Waals surface area contributed by atoms with Crippen molar-refractivity contribution in [2.24, 2.45) is 0 Å². The van der Waals surface area contributed by atoms with Gasteiger partial charge in [-0.2, -0.15) is 13.2 Å². The van der Waals surface area contributed by atoms with E-state index in [9.17, 15) is 31.2 Å². The fraction of sp³-hybridized carbons (Fsp3) is 0.417. The molecule has 0 bridgehead atoms. The summed E-state index contributed by atoms with van der Waals surface area (Å²) in [6.45, 7) is 4.94. The predicted octanol–water partition coefficient (Wildman–Crippen LogP) is 3.72. The van der Waals surface area contributed by atoms with Crippen LogP contribution in [0.25, 0.3) is 0 Å². The molecule has 35 heavy (non-hydrogen) atoms. The van der Waals surface area contributed by atoms with E-state index in [4.69, 9.17) is 0 Å². The highest BCUT2D eigenvalue weighted by Gasteiger charge is 2.34. The summed E-state index contributed by atoms with van der Waals surface area (Å²) in [5, 5.41) is 2.68. The summed E-state index contributed by atoms with van der Waals surface area (Å²) in [6.07, 6.45) is -3.62. The average molecular weight is 514 g/mol. The molecule has 2 rings (SSSR count). The summed E-state index contributed by atoms with van der Waals surface area (Å²) in [5.74, 6) is -1.12. The van der Waals surface area contributed by atoms with Crippen LogP contribution in [0.5, 0.6) is 0 Å². The first-order valence-electron chi connectivity index (χ1n) is 11.1. The van der Waals surface area contributed by atoms with Gasteiger partial charge in [0.25, 0.3) is 0 Å². The third kappa shape index (κ3) is 7.71. The predicted molar refractivity (Wildman–Crippen MR) is 128 cm³/mol. The number of alkyl halides is 3. The van der Waals surface area contributed by atoms with Crippen LogP contribution in [0.1, 0.15) is 37.0 Å². The first-order valence-corrected chi connectivity index (χ1v) is 12.9. The summed E-state index contributed by atoms with van der Waals surface area (Å²) in [4.78, 5) is 27.4. The number of hydrogen-bond donors (Lipinski definition) is 1. The number of hydrogen-bond acceptors (Lipinski definition) is 4. The molecule has 0 saturated carbocycles. The van der Waals surface area contributed by atoms with Crippen molar-refractivity contribution in [2.45, 2.75) is 46.0 Å². The van der Waals surface area contributed by atoms with E-state index in [0.717, 1.165) is 29.5 Å². The molecule has 0 saturated heterocycles. The van der Waals surface area contributed by atoms with Gasteiger partial charge in [0, 0.05) is 13.1 Å². The summed E-state index contributed by atoms with van der Waals surface area (Å²) in [6, 6.07) is 10.1. The van der Waals surface area contributed by atoms with Crippen molar-refractivity contribution in [1.82, 2.24) is 10.2 Å². The minimum atomic E-state index is -4.69. The fourth-order valence-corrected chi connectivity index (χ4v) is 4.39. The molecule has 7 nitrogen and oxygen atoms in total. The molecule has 0 aliphatic heterocycles. The molecule has 1 atom stereocenters. The fourth-order valence-electron chi connectivity index (χ4n) is 3.55. The number of nitrogens with zero attached hydrogens (tertiary/aromatic N) is 2. The minimum absolute atomic E-state index is 0.0228. The Bertz CT molecular complexity index is 1140. The summed E-state index contributed by atoms with van der Waals surface area (Å²) in [7, 11) is -4.13. The smallest absolute Gasteiger partial charge is 0.355 e. The molecule has 0 aromatic heterocycles. The zero-order valence-corrected chi connectivity index (χ0v) is 20.9. The number of likely N-dealkylation sites (N-methyl/N-ethyl adjacent to an activating group) is 1. The Balaban J connectivity index is 2.47. The van der Waals surface area contributed by atoms with Crippen LogP contribution in [0, 0.1) is 6.92 Å². The molecule has 0 aliphatic rings. The minimum Gasteiger partial charge on any atom is -0.355 e. The average Bonchev–Trinajstić information content (AvgIpc) is 2.77. The number of carbonyl (C=O) groups excluding carboxylic acids is 2. The van der Waals surface area contributed by atoms with Crippen molar-refractivity contribution in [3.63, 3.8) is 0 Å². The van der Waals surface area contributed by atoms with Crippen LogP contribution in [-0.4, -0.2) is 50.5 Å². The summed E-state index contributed by atoms with van der Waals surface area (Å²) >= 11 is 0. The molecule has 11 heteroatoms. The molecule has 1 N–H and O–H groups in total. The molecule has 0 fully saturated rings. The number of nitrogens with one attached hydrogen (secondary N) is 1. The van der Waals surface area contributed by atoms with E-state index in [1.54, 1.807) is 26.0 Å². The maximum Gasteiger partial charge on any atom is 0.416 e. The Morgan fingerprint density at radius 3 is 2.20 bits per heavy atom. The van der Waals surface area contributed by atoms with Crippen molar-refractivity contribution < 1.29 is 31.2 Å². The van der Waals surface area contributed by atoms with Gasteiger partial charge in [-0.3, -0.25) is 13.9 Å². The summed E-state index contributed by atoms with van der Waals surface area (Å²) in [5.41, 5.74) is 0.380. The zero-order chi connectivity index (χ0) is 26.4. The molecule has 0 spiro atoms. The van der Waals surface area contributed by atoms with Crippen LogP contribution in [0.15, 0.2) is 48.5 Å². The third-order valence-corrected chi connectivity index (χ3v) is 6.49. The van der Waals surface area contributed by atoms with E-state index in [0.29, 0.717) is 16.9 Å². The lowest BCUT2D eigenvalue weighted by Crippen LogP contribution is -2.52. The number of carbonyl (C=O) groups is 2. The van der Waals surface area contributed by atoms with E-state index in [-0.39, 0.29) is 18.7 Å². The normalized spacial score (nSPS) is 12.7. The van der Waals surface area contributed by atoms with Crippen LogP contribution in [0.3, 0.4) is 0 Å². The Labute approximate surface area is 204 Å². The number of halogens is 3. The molecule has 0 radical (unpaired) electrons. The number of anilines is 1. The van der Waals surface area contributed by atoms with Crippen LogP contribution >= 0.6 is 0 Å². The zero-order valence-electron chi connectivity index (χ0n) is 20.1. The van der Waals surface area contributed by atoms with E-state index >= 15 is 0 Å². The molecule has 2 aromatic carbocycles. The monoisotopic (exact) mass is 513 g/mol. The van der Waals surface area contributed by atoms with Gasteiger partial charge in [0.05, 0.1) is 17.5 Å². The van der Waals surface area contributed by atoms with Crippen molar-refractivity contribution in [3.8, 4) is 0 Å². The second-order valence-corrected chi connectivity index (χ2v) is 10.1. The number of benzene rings is 2. The Hall–Kier alpha value is -3.08. The van der Waals surface area contributed by atoms with E-state index in [1.807, 2.05) is 19.1 Å². The lowest BCUT2D eigenvalue weighted by molar-refractivity contribution is -0.140. The van der Waals surface area contributed by atoms with Crippen molar-refractivity contribution in [1.29, 1.82) is 0 Å². The van der Waals surface area contributed by atoms with E-state index < -0.39 is 46.2 Å². The maximum atomic E-state index is 13.5. The highest BCUT2D eigenvalue weighted by atomic mass is 32.2. The maximum absolute atomic E-state index is 13.5. The molecular weight excluding hydrogens is 483 g/mol. The lowest BCUT2D eigenvalue weighted by Gasteiger charge is -2.33. The third-order valence-electron chi connectivity index (χ3n) is 5.35. The van der Waals surface area contributed by atoms with Crippen molar-refractivity contribution >= 4 is 27.5 Å². The standard InChI is InChI=1S/C24H30F3N3O4S/c1-5-21(23(32)28-6-2)29(15-18-12-10-17(3)11-13-18)22(31)16-30(35(4,33)34)20-9-7-8-19(14-20)24(25,26)27/h7-14,21H,5-6,15-16H2,1-4H3,(H,28,32). The van der Waals surface area contributed by atoms with Gasteiger partial charge in [0.1, 0.15) is 12.6 Å². The molecule has 192 valence electrons. The first kappa shape index (κ1) is 28.2. The molecule has 0 heterocycles. The molecular formula is C24H30F3N3O4S. The number of amides is 2. The van der Waals surface area contributed by atoms with Gasteiger partial charge in [0.15, 0.2) is 0 Å². The van der Waals surface area contributed by atoms with Gasteiger partial charge in [-0.25, -0.2) is 8.42 Å². The molecule has 2 aromatic rings. The van der Waals surface area contributed by atoms with Gasteiger partial charge in [0.2, 0.25) is 21.8 Å². The lowest BCUT2D eigenvalue weighted by atomic mass is 10.1. The molecule has 0 aliphatic carbocycles. The highest BCUT2D eigenvalue weighted by molar-refractivity contribution is 7.92. The molecule has 1 unspecified atom stereocenters. The SMILES string of the molecule is CCNC(=O)C(CC)N(Cc1ccc(C)cc1)C(=O)CN(c1cccc(C(F)(F)F)c1)S(C)(=O)=O. The first-order chi connectivity index (χ1) is 16.3. The van der Waals surface area contributed by atoms with Crippen LogP contribution in [0.4, 0.5) is 18.9 Å². The van der Waals surface area contributed by atoms with Crippen LogP contribution < -0.4 is 9.62 Å². The van der Waals surface area contributed by atoms with Crippen LogP contribution in [0.2, 0.25) is 0 Å². The quantitative estimate of drug-likeness (QED) is 0.525. The van der Waals surface area contributed by atoms with Gasteiger partial charge < -0.3 is 10.2 Å². The second-order valence-electron chi connectivity index (χ2n) is 8.14. The Morgan fingerprint density at radius 1 is 1.06 bits per heavy atom. The number of rotatable bonds is 10. The van der Waals surface area contributed by atoms with Crippen LogP contribution in [-0.2, 0) is 32.3 Å². The van der Waals surface area contributed by atoms with E-state index in [1.165, 1.54) is 11.0 Å². The highest BCUT2D eigenvalue weighted by Crippen LogP contribution is 2.32. The Morgan fingerprint density at radius 2 is 1.69 bits per heavy atom. The van der Waals surface area contributed by atoms with E-state index in [2.05, 4.69) is 5.32 Å². The summed E-state index contributed by atoms with van der Waals surface area (Å²) < 4.78 is 65.3. The number of sulfonamides is 1. The van der Waals surface area contributed by atoms with Crippen molar-refractivity contribution in [2.75, 3.05) is 23.7 Å². The van der Waals surface area contributed by atoms with Gasteiger partial charge in [-0.05, 0) is 44.0 Å². The largest absolute Gasteiger partial charge is 0.416 e. The second kappa shape index (κ2) is 11.6. The van der Waals surface area contributed by atoms with Gasteiger partial charge in [-0.15, -0.1) is 0 Å².